The van der Waals surface area contributed by atoms with Crippen LogP contribution in [0.15, 0.2) is 0 Å². The Bertz CT molecular complexity index is 139. The van der Waals surface area contributed by atoms with Crippen LogP contribution in [0.4, 0.5) is 0 Å². The predicted octanol–water partition coefficient (Wildman–Crippen LogP) is 0.604. The molecule has 2 N–H and O–H groups in total. The van der Waals surface area contributed by atoms with E-state index < -0.39 is 0 Å². The molecule has 0 amide bonds. The summed E-state index contributed by atoms with van der Waals surface area (Å²) in [4.78, 5) is 2.22. The SMILES string of the molecule is CC(O)CN1CCCCCC1CO. The lowest BCUT2D eigenvalue weighted by atomic mass is 10.1. The molecule has 0 bridgehead atoms. The van der Waals surface area contributed by atoms with Crippen LogP contribution < -0.4 is 0 Å². The van der Waals surface area contributed by atoms with Crippen molar-refractivity contribution in [2.75, 3.05) is 19.7 Å². The van der Waals surface area contributed by atoms with E-state index in [9.17, 15) is 10.2 Å². The van der Waals surface area contributed by atoms with Crippen LogP contribution in [-0.4, -0.2) is 47.0 Å². The summed E-state index contributed by atoms with van der Waals surface area (Å²) in [5.41, 5.74) is 0. The van der Waals surface area contributed by atoms with E-state index in [0.29, 0.717) is 6.54 Å². The maximum Gasteiger partial charge on any atom is 0.0639 e. The summed E-state index contributed by atoms with van der Waals surface area (Å²) < 4.78 is 0. The van der Waals surface area contributed by atoms with Crippen molar-refractivity contribution in [1.82, 2.24) is 4.90 Å². The molecule has 1 aliphatic rings. The van der Waals surface area contributed by atoms with Gasteiger partial charge in [-0.1, -0.05) is 12.8 Å². The molecule has 0 aromatic carbocycles. The number of rotatable bonds is 3. The molecule has 1 aliphatic heterocycles. The van der Waals surface area contributed by atoms with Gasteiger partial charge >= 0.3 is 0 Å². The lowest BCUT2D eigenvalue weighted by Crippen LogP contribution is -2.41. The highest BCUT2D eigenvalue weighted by atomic mass is 16.3. The molecule has 0 spiro atoms. The van der Waals surface area contributed by atoms with Gasteiger partial charge in [0.2, 0.25) is 0 Å². The van der Waals surface area contributed by atoms with Crippen molar-refractivity contribution in [1.29, 1.82) is 0 Å². The van der Waals surface area contributed by atoms with Gasteiger partial charge < -0.3 is 10.2 Å². The lowest BCUT2D eigenvalue weighted by Gasteiger charge is -2.29. The zero-order valence-electron chi connectivity index (χ0n) is 8.45. The zero-order chi connectivity index (χ0) is 9.68. The average Bonchev–Trinajstić information content (AvgIpc) is 2.28. The van der Waals surface area contributed by atoms with Crippen LogP contribution in [0, 0.1) is 0 Å². The van der Waals surface area contributed by atoms with Gasteiger partial charge in [-0.3, -0.25) is 4.90 Å². The molecule has 0 aliphatic carbocycles. The summed E-state index contributed by atoms with van der Waals surface area (Å²) in [6.07, 6.45) is 4.45. The molecule has 1 rings (SSSR count). The van der Waals surface area contributed by atoms with E-state index >= 15 is 0 Å². The standard InChI is InChI=1S/C10H21NO2/c1-9(13)7-11-6-4-2-3-5-10(11)8-12/h9-10,12-13H,2-8H2,1H3. The molecule has 0 saturated carbocycles. The number of likely N-dealkylation sites (tertiary alicyclic amines) is 1. The second kappa shape index (κ2) is 5.58. The molecule has 2 atom stereocenters. The second-order valence-corrected chi connectivity index (χ2v) is 4.03. The maximum absolute atomic E-state index is 9.29. The van der Waals surface area contributed by atoms with Gasteiger partial charge in [-0.15, -0.1) is 0 Å². The van der Waals surface area contributed by atoms with E-state index in [1.807, 2.05) is 0 Å². The summed E-state index contributed by atoms with van der Waals surface area (Å²) in [5.74, 6) is 0. The van der Waals surface area contributed by atoms with Crippen LogP contribution in [0.5, 0.6) is 0 Å². The first-order valence-electron chi connectivity index (χ1n) is 5.27. The van der Waals surface area contributed by atoms with Gasteiger partial charge in [0.05, 0.1) is 12.7 Å². The highest BCUT2D eigenvalue weighted by molar-refractivity contribution is 4.75. The predicted molar refractivity (Wildman–Crippen MR) is 52.6 cm³/mol. The monoisotopic (exact) mass is 187 g/mol. The van der Waals surface area contributed by atoms with E-state index in [1.165, 1.54) is 19.3 Å². The molecule has 13 heavy (non-hydrogen) atoms. The maximum atomic E-state index is 9.29. The molecular formula is C10H21NO2. The minimum atomic E-state index is -0.285. The normalized spacial score (nSPS) is 28.4. The molecule has 0 aromatic rings. The lowest BCUT2D eigenvalue weighted by molar-refractivity contribution is 0.0719. The summed E-state index contributed by atoms with van der Waals surface area (Å²) in [6, 6.07) is 0.275. The van der Waals surface area contributed by atoms with Gasteiger partial charge in [-0.25, -0.2) is 0 Å². The number of hydrogen-bond donors (Lipinski definition) is 2. The van der Waals surface area contributed by atoms with E-state index in [1.54, 1.807) is 6.92 Å². The second-order valence-electron chi connectivity index (χ2n) is 4.03. The third-order valence-corrected chi connectivity index (χ3v) is 2.71. The van der Waals surface area contributed by atoms with Crippen LogP contribution >= 0.6 is 0 Å². The number of hydrogen-bond acceptors (Lipinski definition) is 3. The zero-order valence-corrected chi connectivity index (χ0v) is 8.45. The molecule has 0 radical (unpaired) electrons. The fraction of sp³-hybridized carbons (Fsp3) is 1.00. The molecule has 78 valence electrons. The van der Waals surface area contributed by atoms with E-state index in [-0.39, 0.29) is 18.8 Å². The Balaban J connectivity index is 2.44. The van der Waals surface area contributed by atoms with E-state index in [0.717, 1.165) is 13.0 Å². The smallest absolute Gasteiger partial charge is 0.0639 e. The number of aliphatic hydroxyl groups excluding tert-OH is 2. The van der Waals surface area contributed by atoms with Crippen molar-refractivity contribution < 1.29 is 10.2 Å². The Morgan fingerprint density at radius 2 is 2.15 bits per heavy atom. The van der Waals surface area contributed by atoms with Crippen LogP contribution in [0.2, 0.25) is 0 Å². The Hall–Kier alpha value is -0.120. The van der Waals surface area contributed by atoms with Crippen molar-refractivity contribution in [2.24, 2.45) is 0 Å². The van der Waals surface area contributed by atoms with Crippen molar-refractivity contribution in [2.45, 2.75) is 44.8 Å². The van der Waals surface area contributed by atoms with Crippen molar-refractivity contribution in [3.05, 3.63) is 0 Å². The topological polar surface area (TPSA) is 43.7 Å². The van der Waals surface area contributed by atoms with Crippen LogP contribution in [0.3, 0.4) is 0 Å². The average molecular weight is 187 g/mol. The molecule has 3 heteroatoms. The highest BCUT2D eigenvalue weighted by Crippen LogP contribution is 2.16. The fourth-order valence-corrected chi connectivity index (χ4v) is 2.02. The molecular weight excluding hydrogens is 166 g/mol. The largest absolute Gasteiger partial charge is 0.395 e. The molecule has 3 nitrogen and oxygen atoms in total. The minimum absolute atomic E-state index is 0.229. The number of β-amino-alcohol motifs (C(OH)–C–C–N with tert-alkyl or cyclic N) is 1. The number of aliphatic hydroxyl groups is 2. The summed E-state index contributed by atoms with van der Waals surface area (Å²) in [7, 11) is 0. The van der Waals surface area contributed by atoms with Gasteiger partial charge in [0.25, 0.3) is 0 Å². The van der Waals surface area contributed by atoms with E-state index in [2.05, 4.69) is 4.90 Å². The first-order valence-corrected chi connectivity index (χ1v) is 5.27. The first kappa shape index (κ1) is 11.0. The van der Waals surface area contributed by atoms with Gasteiger partial charge in [0, 0.05) is 12.6 Å². The van der Waals surface area contributed by atoms with Gasteiger partial charge in [-0.05, 0) is 26.3 Å². The molecule has 0 aromatic heterocycles. The first-order chi connectivity index (χ1) is 6.24. The Kier molecular flexibility index (Phi) is 4.70. The summed E-state index contributed by atoms with van der Waals surface area (Å²) in [6.45, 7) is 3.76. The minimum Gasteiger partial charge on any atom is -0.395 e. The quantitative estimate of drug-likeness (QED) is 0.680. The third-order valence-electron chi connectivity index (χ3n) is 2.71. The molecule has 1 heterocycles. The fourth-order valence-electron chi connectivity index (χ4n) is 2.02. The molecule has 1 fully saturated rings. The third kappa shape index (κ3) is 3.63. The Labute approximate surface area is 80.4 Å². The van der Waals surface area contributed by atoms with Gasteiger partial charge in [0.1, 0.15) is 0 Å². The van der Waals surface area contributed by atoms with Crippen LogP contribution in [0.25, 0.3) is 0 Å². The molecule has 1 saturated heterocycles. The highest BCUT2D eigenvalue weighted by Gasteiger charge is 2.20. The van der Waals surface area contributed by atoms with Crippen molar-refractivity contribution >= 4 is 0 Å². The van der Waals surface area contributed by atoms with Crippen molar-refractivity contribution in [3.8, 4) is 0 Å². The van der Waals surface area contributed by atoms with Gasteiger partial charge in [0.15, 0.2) is 0 Å². The Morgan fingerprint density at radius 1 is 1.38 bits per heavy atom. The summed E-state index contributed by atoms with van der Waals surface area (Å²) >= 11 is 0. The Morgan fingerprint density at radius 3 is 2.77 bits per heavy atom. The van der Waals surface area contributed by atoms with Gasteiger partial charge in [-0.2, -0.15) is 0 Å². The number of nitrogens with zero attached hydrogens (tertiary/aromatic N) is 1. The summed E-state index contributed by atoms with van der Waals surface area (Å²) in [5, 5.41) is 18.5. The van der Waals surface area contributed by atoms with E-state index in [4.69, 9.17) is 0 Å². The van der Waals surface area contributed by atoms with Crippen LogP contribution in [0.1, 0.15) is 32.6 Å². The van der Waals surface area contributed by atoms with Crippen LogP contribution in [-0.2, 0) is 0 Å². The molecule has 2 unspecified atom stereocenters. The van der Waals surface area contributed by atoms with Crippen molar-refractivity contribution in [3.63, 3.8) is 0 Å².